The summed E-state index contributed by atoms with van der Waals surface area (Å²) in [5.41, 5.74) is 9.13. The van der Waals surface area contributed by atoms with Crippen molar-refractivity contribution in [3.63, 3.8) is 0 Å². The molecule has 145 heavy (non-hydrogen) atoms. The van der Waals surface area contributed by atoms with Crippen molar-refractivity contribution in [2.45, 2.75) is 66.6 Å². The Labute approximate surface area is 828 Å². The van der Waals surface area contributed by atoms with Crippen LogP contribution >= 0.6 is 0 Å². The minimum Gasteiger partial charge on any atom is -0.455 e. The predicted octanol–water partition coefficient (Wildman–Crippen LogP) is 16.5. The fraction of sp³-hybridized carbons (Fsp3) is 0.208. The number of pyridine rings is 3. The highest BCUT2D eigenvalue weighted by atomic mass is 32.2. The van der Waals surface area contributed by atoms with Crippen molar-refractivity contribution in [1.29, 1.82) is 0 Å². The smallest absolute Gasteiger partial charge is 0.280 e. The number of benzene rings is 9. The van der Waals surface area contributed by atoms with Crippen molar-refractivity contribution < 1.29 is 80.3 Å². The number of nitrogens with one attached hydrogen (secondary N) is 3. The van der Waals surface area contributed by atoms with Crippen LogP contribution in [-0.4, -0.2) is 173 Å². The molecule has 0 aliphatic rings. The van der Waals surface area contributed by atoms with E-state index in [9.17, 15) is 76.7 Å². The second-order valence-corrected chi connectivity index (χ2v) is 40.8. The van der Waals surface area contributed by atoms with Gasteiger partial charge in [-0.25, -0.2) is 72.7 Å². The second-order valence-electron chi connectivity index (χ2n) is 34.8. The molecule has 0 bridgehead atoms. The van der Waals surface area contributed by atoms with Crippen LogP contribution < -0.4 is 45.5 Å². The van der Waals surface area contributed by atoms with Gasteiger partial charge >= 0.3 is 0 Å². The van der Waals surface area contributed by atoms with E-state index < -0.39 is 99.8 Å². The number of aliphatic hydroxyl groups excluding tert-OH is 1. The average Bonchev–Trinajstić information content (AvgIpc) is 1.58. The first-order valence-corrected chi connectivity index (χ1v) is 50.7. The third kappa shape index (κ3) is 20.3. The molecule has 39 heteroatoms. The molecule has 2 atom stereocenters. The summed E-state index contributed by atoms with van der Waals surface area (Å²) in [6, 6.07) is 54.6. The number of halogens is 4. The standard InChI is InChI=1S/2C36H34FN5O6S.C34H29F2N5O5S/c1-20-7-9-22(10-8-20)30(19-47-5)42-21(2)39-28-16-15-27(40-33(28)36(42)44)25-17-26-31(18-29(25)41(4)49(6,45)46)48-34(32(26)35(43)38-3)23-11-13-24(37)14-12-23;1-20-6-8-22(9-7-20)29(16-17-43)42-21(2)39-28-15-14-27(40-33(28)36(42)45)25-18-26-31(19-30(25)41(4)49(5,46)47)48-34(32(26)35(44)38-3)23-10-12-24(37)13-11-23;1-18-6-7-21(25(36)14-18)17-41-19(2)38-27-13-12-26(39-31(27)34(41)43)23-15-24-29(16-28(23)40(4)47(5,44)45)46-32(30(24)33(42)37-3)20-8-10-22(35)11-9-20/h7-18,30H,19H2,1-6H3,(H,38,43);6-15,18-19,29,43H,16-17H2,1-5H3,(H,38,44);6-16H,17H2,1-5H3,(H,37,42)/t30-;29-;/m01./s1. The summed E-state index contributed by atoms with van der Waals surface area (Å²) < 4.78 is 165. The lowest BCUT2D eigenvalue weighted by atomic mass is 10.0. The fourth-order valence-electron chi connectivity index (χ4n) is 17.3. The Kier molecular flexibility index (Phi) is 28.5. The molecule has 0 unspecified atom stereocenters. The summed E-state index contributed by atoms with van der Waals surface area (Å²) in [4.78, 5) is 110. The lowest BCUT2D eigenvalue weighted by molar-refractivity contribution is 0.0956. The maximum absolute atomic E-state index is 14.7. The molecular formula is C106H97F4N15O17S3. The van der Waals surface area contributed by atoms with Gasteiger partial charge in [-0.15, -0.1) is 0 Å². The van der Waals surface area contributed by atoms with Crippen LogP contribution in [-0.2, 0) is 41.4 Å². The van der Waals surface area contributed by atoms with E-state index in [1.807, 2.05) is 62.4 Å². The zero-order valence-electron chi connectivity index (χ0n) is 81.3. The van der Waals surface area contributed by atoms with Crippen molar-refractivity contribution in [1.82, 2.24) is 59.6 Å². The first-order valence-electron chi connectivity index (χ1n) is 45.1. The number of aryl methyl sites for hydroxylation is 6. The molecule has 744 valence electrons. The molecule has 0 fully saturated rings. The van der Waals surface area contributed by atoms with Crippen LogP contribution in [0.2, 0.25) is 0 Å². The maximum Gasteiger partial charge on any atom is 0.280 e. The third-order valence-corrected chi connectivity index (χ3v) is 28.7. The second kappa shape index (κ2) is 40.6. The van der Waals surface area contributed by atoms with E-state index in [0.717, 1.165) is 59.5 Å². The number of sulfonamides is 3. The SMILES string of the molecule is CNC(=O)c1c(-c2ccc(F)cc2)oc2cc(N(C)S(C)(=O)=O)c(-c3ccc4nc(C)n(Cc5ccc(C)cc5F)c(=O)c4n3)cc12.CNC(=O)c1c(-c2ccc(F)cc2)oc2cc(N(C)S(C)(=O)=O)c(-c3ccc4nc(C)n([C@@H](COC)c5ccc(C)cc5)c(=O)c4n3)cc12.CNC(=O)c1c(-c2ccc(F)cc2)oc2cc(N(C)S(C)(=O)=O)c(-c3ccc4nc(C)n([C@H](CCO)c5ccc(C)cc5)c(=O)c4n3)cc12. The quantitative estimate of drug-likeness (QED) is 0.0386. The molecule has 9 aromatic carbocycles. The first-order chi connectivity index (χ1) is 68.9. The molecule has 0 aliphatic heterocycles. The number of methoxy groups -OCH3 is 1. The summed E-state index contributed by atoms with van der Waals surface area (Å²) >= 11 is 0. The monoisotopic (exact) mass is 2020 g/mol. The molecule has 0 radical (unpaired) electrons. The van der Waals surface area contributed by atoms with Gasteiger partial charge in [-0.3, -0.25) is 55.4 Å². The van der Waals surface area contributed by atoms with Gasteiger partial charge in [0, 0.05) is 129 Å². The molecular weight excluding hydrogens is 1930 g/mol. The number of nitrogens with zero attached hydrogens (tertiary/aromatic N) is 12. The van der Waals surface area contributed by atoms with Gasteiger partial charge < -0.3 is 39.0 Å². The summed E-state index contributed by atoms with van der Waals surface area (Å²) in [5.74, 6) is -1.53. The largest absolute Gasteiger partial charge is 0.455 e. The Balaban J connectivity index is 0.000000156. The van der Waals surface area contributed by atoms with E-state index in [1.54, 1.807) is 106 Å². The van der Waals surface area contributed by atoms with Crippen molar-refractivity contribution in [3.05, 3.63) is 334 Å². The number of rotatable bonds is 25. The highest BCUT2D eigenvalue weighted by Gasteiger charge is 2.34. The van der Waals surface area contributed by atoms with Gasteiger partial charge in [-0.05, 0) is 198 Å². The topological polar surface area (TPSA) is 412 Å². The first kappa shape index (κ1) is 102. The van der Waals surface area contributed by atoms with Crippen LogP contribution in [0.25, 0.3) is 134 Å². The van der Waals surface area contributed by atoms with Gasteiger partial charge in [-0.2, -0.15) is 0 Å². The Bertz CT molecular complexity index is 8490. The van der Waals surface area contributed by atoms with Crippen LogP contribution in [0.1, 0.15) is 100 Å². The minimum atomic E-state index is -3.81. The van der Waals surface area contributed by atoms with Gasteiger partial charge in [-0.1, -0.05) is 71.8 Å². The van der Waals surface area contributed by atoms with E-state index in [1.165, 1.54) is 148 Å². The van der Waals surface area contributed by atoms with Crippen LogP contribution in [0.5, 0.6) is 0 Å². The van der Waals surface area contributed by atoms with Gasteiger partial charge in [0.1, 0.15) is 74.8 Å². The number of carbonyl (C=O) groups excluding carboxylic acids is 3. The molecule has 0 spiro atoms. The molecule has 18 rings (SSSR count). The summed E-state index contributed by atoms with van der Waals surface area (Å²) in [7, 11) is -1.34. The van der Waals surface area contributed by atoms with E-state index in [2.05, 4.69) is 30.9 Å². The van der Waals surface area contributed by atoms with Crippen molar-refractivity contribution in [2.75, 3.05) is 94.3 Å². The summed E-state index contributed by atoms with van der Waals surface area (Å²) in [5, 5.41) is 18.8. The zero-order chi connectivity index (χ0) is 104. The molecule has 32 nitrogen and oxygen atoms in total. The third-order valence-electron chi connectivity index (χ3n) is 25.1. The maximum atomic E-state index is 14.7. The fourth-order valence-corrected chi connectivity index (χ4v) is 18.8. The molecule has 4 N–H and O–H groups in total. The Morgan fingerprint density at radius 1 is 0.407 bits per heavy atom. The van der Waals surface area contributed by atoms with Crippen molar-refractivity contribution in [3.8, 4) is 67.7 Å². The molecule has 9 heterocycles. The molecule has 0 saturated carbocycles. The predicted molar refractivity (Wildman–Crippen MR) is 550 cm³/mol. The number of fused-ring (bicyclic) bond motifs is 6. The Hall–Kier alpha value is -16.2. The summed E-state index contributed by atoms with van der Waals surface area (Å²) in [6.45, 7) is 10.8. The number of hydrogen-bond donors (Lipinski definition) is 4. The lowest BCUT2D eigenvalue weighted by Gasteiger charge is -2.22. The van der Waals surface area contributed by atoms with Crippen LogP contribution in [0.15, 0.2) is 240 Å². The van der Waals surface area contributed by atoms with E-state index in [0.29, 0.717) is 83.6 Å². The molecule has 18 aromatic rings. The Morgan fingerprint density at radius 3 is 1.04 bits per heavy atom. The highest BCUT2D eigenvalue weighted by molar-refractivity contribution is 7.92. The number of furan rings is 3. The number of aliphatic hydroxyl groups is 1. The number of aromatic nitrogens is 9. The average molecular weight is 2030 g/mol. The lowest BCUT2D eigenvalue weighted by Crippen LogP contribution is -2.31. The van der Waals surface area contributed by atoms with Crippen LogP contribution in [0.3, 0.4) is 0 Å². The molecule has 0 aliphatic carbocycles. The van der Waals surface area contributed by atoms with E-state index in [4.69, 9.17) is 32.9 Å². The van der Waals surface area contributed by atoms with Gasteiger partial charge in [0.25, 0.3) is 34.4 Å². The van der Waals surface area contributed by atoms with Crippen molar-refractivity contribution >= 4 is 131 Å². The van der Waals surface area contributed by atoms with E-state index >= 15 is 0 Å². The minimum absolute atomic E-state index is 0.0144. The number of amides is 3. The van der Waals surface area contributed by atoms with Crippen LogP contribution in [0, 0.1) is 64.8 Å². The van der Waals surface area contributed by atoms with Crippen molar-refractivity contribution in [2.24, 2.45) is 0 Å². The van der Waals surface area contributed by atoms with E-state index in [-0.39, 0.29) is 133 Å². The zero-order valence-corrected chi connectivity index (χ0v) is 83.7. The number of anilines is 3. The molecule has 9 aromatic heterocycles. The number of ether oxygens (including phenoxy) is 1. The summed E-state index contributed by atoms with van der Waals surface area (Å²) in [6.07, 6.45) is 3.40. The number of carbonyl (C=O) groups is 3. The highest BCUT2D eigenvalue weighted by Crippen LogP contribution is 2.46. The Morgan fingerprint density at radius 2 is 0.724 bits per heavy atom. The number of hydrogen-bond acceptors (Lipinski definition) is 23. The molecule has 0 saturated heterocycles. The molecule has 3 amide bonds. The van der Waals surface area contributed by atoms with Gasteiger partial charge in [0.05, 0.1) is 111 Å². The van der Waals surface area contributed by atoms with Crippen LogP contribution in [0.4, 0.5) is 34.6 Å². The normalized spacial score (nSPS) is 12.2. The van der Waals surface area contributed by atoms with Gasteiger partial charge in [0.2, 0.25) is 30.1 Å². The van der Waals surface area contributed by atoms with Gasteiger partial charge in [0.15, 0.2) is 16.6 Å².